The lowest BCUT2D eigenvalue weighted by Crippen LogP contribution is -2.19. The van der Waals surface area contributed by atoms with E-state index in [0.29, 0.717) is 0 Å². The molecule has 1 N–H and O–H groups in total. The number of nitrogens with one attached hydrogen (secondary N) is 1. The van der Waals surface area contributed by atoms with Crippen molar-refractivity contribution < 1.29 is 23.6 Å². The molecule has 0 saturated heterocycles. The molecule has 0 aliphatic carbocycles. The summed E-state index contributed by atoms with van der Waals surface area (Å²) in [5.74, 6) is -2.60. The zero-order valence-electron chi connectivity index (χ0n) is 11.9. The lowest BCUT2D eigenvalue weighted by Gasteiger charge is -2.10. The van der Waals surface area contributed by atoms with Crippen molar-refractivity contribution in [2.75, 3.05) is 12.4 Å². The zero-order valence-corrected chi connectivity index (χ0v) is 11.9. The van der Waals surface area contributed by atoms with E-state index in [9.17, 15) is 24.1 Å². The summed E-state index contributed by atoms with van der Waals surface area (Å²) < 4.78 is 18.1. The second kappa shape index (κ2) is 6.65. The molecule has 0 aliphatic rings. The van der Waals surface area contributed by atoms with Crippen molar-refractivity contribution in [2.24, 2.45) is 0 Å². The van der Waals surface area contributed by atoms with Gasteiger partial charge in [-0.15, -0.1) is 0 Å². The van der Waals surface area contributed by atoms with Crippen LogP contribution >= 0.6 is 0 Å². The number of carbonyl (C=O) groups is 2. The van der Waals surface area contributed by atoms with Gasteiger partial charge in [-0.05, 0) is 18.2 Å². The van der Waals surface area contributed by atoms with Crippen molar-refractivity contribution >= 4 is 23.3 Å². The number of esters is 1. The third kappa shape index (κ3) is 3.31. The summed E-state index contributed by atoms with van der Waals surface area (Å²) in [7, 11) is 1.08. The van der Waals surface area contributed by atoms with Crippen molar-refractivity contribution in [3.8, 4) is 0 Å². The van der Waals surface area contributed by atoms with Crippen molar-refractivity contribution in [2.45, 2.75) is 0 Å². The minimum atomic E-state index is -0.984. The van der Waals surface area contributed by atoms with Crippen LogP contribution in [0, 0.1) is 15.9 Å². The number of amides is 1. The first-order valence-electron chi connectivity index (χ1n) is 6.37. The van der Waals surface area contributed by atoms with E-state index < -0.39 is 33.9 Å². The quantitative estimate of drug-likeness (QED) is 0.531. The number of anilines is 1. The number of ether oxygens (including phenoxy) is 1. The number of hydrogen-bond acceptors (Lipinski definition) is 5. The first-order chi connectivity index (χ1) is 11.0. The molecule has 2 aromatic rings. The molecule has 1 amide bonds. The van der Waals surface area contributed by atoms with Crippen LogP contribution < -0.4 is 5.32 Å². The SMILES string of the molecule is COC(=O)c1cccc([N+](=O)[O-])c1C(=O)Nc1ccccc1F. The zero-order chi connectivity index (χ0) is 17.0. The number of hydrogen-bond donors (Lipinski definition) is 1. The van der Waals surface area contributed by atoms with Crippen molar-refractivity contribution in [3.05, 3.63) is 69.5 Å². The molecule has 0 spiro atoms. The van der Waals surface area contributed by atoms with Gasteiger partial charge in [0.25, 0.3) is 11.6 Å². The van der Waals surface area contributed by atoms with Crippen LogP contribution in [0.2, 0.25) is 0 Å². The van der Waals surface area contributed by atoms with E-state index in [1.165, 1.54) is 30.3 Å². The molecule has 0 unspecified atom stereocenters. The van der Waals surface area contributed by atoms with E-state index in [-0.39, 0.29) is 11.3 Å². The van der Waals surface area contributed by atoms with Crippen LogP contribution in [0.4, 0.5) is 15.8 Å². The Bertz CT molecular complexity index is 791. The monoisotopic (exact) mass is 318 g/mol. The van der Waals surface area contributed by atoms with E-state index in [2.05, 4.69) is 10.1 Å². The normalized spacial score (nSPS) is 10.0. The Morgan fingerprint density at radius 2 is 1.87 bits per heavy atom. The van der Waals surface area contributed by atoms with Gasteiger partial charge in [-0.2, -0.15) is 0 Å². The van der Waals surface area contributed by atoms with Crippen LogP contribution in [0.1, 0.15) is 20.7 Å². The number of para-hydroxylation sites is 1. The molecule has 0 fully saturated rings. The van der Waals surface area contributed by atoms with E-state index >= 15 is 0 Å². The molecule has 8 heteroatoms. The van der Waals surface area contributed by atoms with E-state index in [4.69, 9.17) is 0 Å². The maximum Gasteiger partial charge on any atom is 0.338 e. The molecule has 118 valence electrons. The average Bonchev–Trinajstić information content (AvgIpc) is 2.55. The smallest absolute Gasteiger partial charge is 0.338 e. The fourth-order valence-corrected chi connectivity index (χ4v) is 1.96. The largest absolute Gasteiger partial charge is 0.465 e. The molecule has 0 atom stereocenters. The number of nitro benzene ring substituents is 1. The van der Waals surface area contributed by atoms with Crippen LogP contribution in [0.15, 0.2) is 42.5 Å². The second-order valence-electron chi connectivity index (χ2n) is 4.38. The summed E-state index contributed by atoms with van der Waals surface area (Å²) in [5, 5.41) is 13.3. The Morgan fingerprint density at radius 3 is 2.48 bits per heavy atom. The van der Waals surface area contributed by atoms with Crippen molar-refractivity contribution in [1.82, 2.24) is 0 Å². The molecule has 2 aromatic carbocycles. The van der Waals surface area contributed by atoms with Gasteiger partial charge in [0.15, 0.2) is 0 Å². The molecule has 0 radical (unpaired) electrons. The molecule has 2 rings (SSSR count). The fraction of sp³-hybridized carbons (Fsp3) is 0.0667. The van der Waals surface area contributed by atoms with Gasteiger partial charge < -0.3 is 10.1 Å². The molecule has 0 bridgehead atoms. The fourth-order valence-electron chi connectivity index (χ4n) is 1.96. The Kier molecular flexibility index (Phi) is 4.65. The second-order valence-corrected chi connectivity index (χ2v) is 4.38. The molecular weight excluding hydrogens is 307 g/mol. The van der Waals surface area contributed by atoms with Gasteiger partial charge in [0.1, 0.15) is 11.4 Å². The van der Waals surface area contributed by atoms with Gasteiger partial charge in [0.05, 0.1) is 23.3 Å². The molecule has 0 heterocycles. The van der Waals surface area contributed by atoms with Gasteiger partial charge in [-0.25, -0.2) is 9.18 Å². The molecule has 0 saturated carbocycles. The topological polar surface area (TPSA) is 98.5 Å². The number of rotatable bonds is 4. The minimum absolute atomic E-state index is 0.161. The first-order valence-corrected chi connectivity index (χ1v) is 6.37. The lowest BCUT2D eigenvalue weighted by molar-refractivity contribution is -0.385. The third-order valence-corrected chi connectivity index (χ3v) is 2.99. The predicted octanol–water partition coefficient (Wildman–Crippen LogP) is 2.77. The number of halogens is 1. The Hall–Kier alpha value is -3.29. The van der Waals surface area contributed by atoms with Gasteiger partial charge >= 0.3 is 5.97 Å². The summed E-state index contributed by atoms with van der Waals surface area (Å²) >= 11 is 0. The van der Waals surface area contributed by atoms with Crippen LogP contribution in [0.25, 0.3) is 0 Å². The highest BCUT2D eigenvalue weighted by Crippen LogP contribution is 2.25. The summed E-state index contributed by atoms with van der Waals surface area (Å²) in [4.78, 5) is 34.4. The summed E-state index contributed by atoms with van der Waals surface area (Å²) in [6, 6.07) is 8.87. The number of nitrogens with zero attached hydrogens (tertiary/aromatic N) is 1. The molecule has 0 aromatic heterocycles. The highest BCUT2D eigenvalue weighted by Gasteiger charge is 2.28. The van der Waals surface area contributed by atoms with Crippen LogP contribution in [-0.4, -0.2) is 23.9 Å². The Labute approximate surface area is 129 Å². The van der Waals surface area contributed by atoms with Crippen molar-refractivity contribution in [1.29, 1.82) is 0 Å². The third-order valence-electron chi connectivity index (χ3n) is 2.99. The summed E-state index contributed by atoms with van der Waals surface area (Å²) in [6.45, 7) is 0. The Morgan fingerprint density at radius 1 is 1.17 bits per heavy atom. The highest BCUT2D eigenvalue weighted by atomic mass is 19.1. The molecule has 0 aliphatic heterocycles. The number of benzene rings is 2. The lowest BCUT2D eigenvalue weighted by atomic mass is 10.0. The van der Waals surface area contributed by atoms with Crippen molar-refractivity contribution in [3.63, 3.8) is 0 Å². The maximum atomic E-state index is 13.6. The van der Waals surface area contributed by atoms with Crippen LogP contribution in [0.5, 0.6) is 0 Å². The van der Waals surface area contributed by atoms with Gasteiger partial charge in [0.2, 0.25) is 0 Å². The number of methoxy groups -OCH3 is 1. The maximum absolute atomic E-state index is 13.6. The minimum Gasteiger partial charge on any atom is -0.465 e. The van der Waals surface area contributed by atoms with E-state index in [1.54, 1.807) is 0 Å². The first kappa shape index (κ1) is 16.1. The molecule has 7 nitrogen and oxygen atoms in total. The number of nitro groups is 1. The van der Waals surface area contributed by atoms with Gasteiger partial charge in [-0.1, -0.05) is 18.2 Å². The van der Waals surface area contributed by atoms with Crippen LogP contribution in [-0.2, 0) is 4.74 Å². The van der Waals surface area contributed by atoms with Gasteiger partial charge in [-0.3, -0.25) is 14.9 Å². The average molecular weight is 318 g/mol. The molecule has 23 heavy (non-hydrogen) atoms. The van der Waals surface area contributed by atoms with Crippen LogP contribution in [0.3, 0.4) is 0 Å². The predicted molar refractivity (Wildman–Crippen MR) is 78.8 cm³/mol. The van der Waals surface area contributed by atoms with E-state index in [1.807, 2.05) is 0 Å². The standard InChI is InChI=1S/C15H11FN2O5/c1-23-15(20)9-5-4-8-12(18(21)22)13(9)14(19)17-11-7-3-2-6-10(11)16/h2-8H,1H3,(H,17,19). The highest BCUT2D eigenvalue weighted by molar-refractivity contribution is 6.13. The Balaban J connectivity index is 2.52. The summed E-state index contributed by atoms with van der Waals surface area (Å²) in [5.41, 5.74) is -1.52. The summed E-state index contributed by atoms with van der Waals surface area (Å²) in [6.07, 6.45) is 0. The number of carbonyl (C=O) groups excluding carboxylic acids is 2. The van der Waals surface area contributed by atoms with Gasteiger partial charge in [0, 0.05) is 6.07 Å². The molecular formula is C15H11FN2O5. The van der Waals surface area contributed by atoms with E-state index in [0.717, 1.165) is 19.2 Å².